The first-order valence-corrected chi connectivity index (χ1v) is 15.2. The van der Waals surface area contributed by atoms with Crippen LogP contribution in [-0.2, 0) is 30.2 Å². The summed E-state index contributed by atoms with van der Waals surface area (Å²) in [6.45, 7) is 7.72. The van der Waals surface area contributed by atoms with E-state index in [4.69, 9.17) is 4.74 Å². The Morgan fingerprint density at radius 3 is 2.61 bits per heavy atom. The number of nitrogens with one attached hydrogen (secondary N) is 1. The van der Waals surface area contributed by atoms with Crippen molar-refractivity contribution in [2.24, 2.45) is 13.0 Å². The molecule has 0 unspecified atom stereocenters. The zero-order chi connectivity index (χ0) is 27.3. The molecule has 1 amide bonds. The summed E-state index contributed by atoms with van der Waals surface area (Å²) in [5.74, 6) is 1.21. The monoisotopic (exact) mass is 547 g/mol. The van der Waals surface area contributed by atoms with Crippen molar-refractivity contribution in [2.75, 3.05) is 45.1 Å². The predicted octanol–water partition coefficient (Wildman–Crippen LogP) is 2.09. The van der Waals surface area contributed by atoms with E-state index in [1.54, 1.807) is 16.0 Å². The summed E-state index contributed by atoms with van der Waals surface area (Å²) >= 11 is 0. The molecule has 10 nitrogen and oxygen atoms in total. The second-order valence-electron chi connectivity index (χ2n) is 10.7. The Morgan fingerprint density at radius 1 is 1.21 bits per heavy atom. The van der Waals surface area contributed by atoms with Gasteiger partial charge in [0, 0.05) is 57.8 Å². The van der Waals surface area contributed by atoms with Crippen molar-refractivity contribution in [3.8, 4) is 5.75 Å². The third-order valence-electron chi connectivity index (χ3n) is 7.10. The maximum atomic E-state index is 12.8. The maximum absolute atomic E-state index is 12.8. The number of aromatic nitrogens is 2. The molecule has 4 rings (SSSR count). The van der Waals surface area contributed by atoms with Gasteiger partial charge in [-0.3, -0.25) is 9.48 Å². The number of ether oxygens (including phenoxy) is 1. The first kappa shape index (κ1) is 28.5. The van der Waals surface area contributed by atoms with Crippen molar-refractivity contribution < 1.29 is 23.1 Å². The second-order valence-corrected chi connectivity index (χ2v) is 12.7. The highest BCUT2D eigenvalue weighted by Crippen LogP contribution is 2.39. The number of hydrogen-bond donors (Lipinski definition) is 2. The lowest BCUT2D eigenvalue weighted by molar-refractivity contribution is 0.0941. The number of aryl methyl sites for hydroxylation is 1. The summed E-state index contributed by atoms with van der Waals surface area (Å²) in [5, 5.41) is 17.4. The molecule has 1 aromatic heterocycles. The van der Waals surface area contributed by atoms with Crippen LogP contribution in [0.25, 0.3) is 0 Å². The summed E-state index contributed by atoms with van der Waals surface area (Å²) in [6, 6.07) is 7.44. The minimum atomic E-state index is -3.18. The molecule has 0 radical (unpaired) electrons. The predicted molar refractivity (Wildman–Crippen MR) is 145 cm³/mol. The van der Waals surface area contributed by atoms with Crippen LogP contribution in [0.4, 0.5) is 0 Å². The Morgan fingerprint density at radius 2 is 1.95 bits per heavy atom. The maximum Gasteiger partial charge on any atom is 0.269 e. The molecule has 2 fully saturated rings. The van der Waals surface area contributed by atoms with Crippen LogP contribution in [0.1, 0.15) is 66.3 Å². The van der Waals surface area contributed by atoms with E-state index in [-0.39, 0.29) is 30.7 Å². The molecule has 2 N–H and O–H groups in total. The van der Waals surface area contributed by atoms with Crippen molar-refractivity contribution in [1.29, 1.82) is 0 Å². The third-order valence-corrected chi connectivity index (χ3v) is 9.34. The normalized spacial score (nSPS) is 17.2. The van der Waals surface area contributed by atoms with Gasteiger partial charge in [0.1, 0.15) is 11.4 Å². The number of hydrogen-bond acceptors (Lipinski definition) is 7. The Bertz CT molecular complexity index is 1200. The lowest BCUT2D eigenvalue weighted by atomic mass is 10.1. The molecule has 0 atom stereocenters. The number of benzene rings is 1. The summed E-state index contributed by atoms with van der Waals surface area (Å²) in [6.07, 6.45) is 3.04. The van der Waals surface area contributed by atoms with Gasteiger partial charge in [-0.2, -0.15) is 9.40 Å². The van der Waals surface area contributed by atoms with Crippen molar-refractivity contribution >= 4 is 15.9 Å². The molecular formula is C27H41N5O5S. The first-order valence-electron chi connectivity index (χ1n) is 13.5. The van der Waals surface area contributed by atoms with Gasteiger partial charge in [0.2, 0.25) is 10.0 Å². The Kier molecular flexibility index (Phi) is 9.45. The van der Waals surface area contributed by atoms with E-state index in [0.717, 1.165) is 37.1 Å². The highest BCUT2D eigenvalue weighted by atomic mass is 32.2. The van der Waals surface area contributed by atoms with Crippen LogP contribution in [0.3, 0.4) is 0 Å². The molecule has 11 heteroatoms. The molecule has 2 heterocycles. The number of nitrogens with zero attached hydrogens (tertiary/aromatic N) is 4. The SMILES string of the molecule is CC(C)CS(=O)(=O)N1CCN(CCCOc2cccc(CNC(=O)c3cc(C4CC4)nn3C)c2CO)CC1. The minimum Gasteiger partial charge on any atom is -0.493 e. The van der Waals surface area contributed by atoms with E-state index in [9.17, 15) is 18.3 Å². The van der Waals surface area contributed by atoms with Gasteiger partial charge >= 0.3 is 0 Å². The van der Waals surface area contributed by atoms with E-state index in [2.05, 4.69) is 15.3 Å². The smallest absolute Gasteiger partial charge is 0.269 e. The number of carbonyl (C=O) groups excluding carboxylic acids is 1. The van der Waals surface area contributed by atoms with E-state index in [0.29, 0.717) is 55.7 Å². The number of aliphatic hydroxyl groups is 1. The quantitative estimate of drug-likeness (QED) is 0.369. The van der Waals surface area contributed by atoms with Gasteiger partial charge in [0.25, 0.3) is 5.91 Å². The Hall–Kier alpha value is -2.47. The lowest BCUT2D eigenvalue weighted by Crippen LogP contribution is -2.49. The number of carbonyl (C=O) groups is 1. The average Bonchev–Trinajstić information content (AvgIpc) is 3.66. The van der Waals surface area contributed by atoms with Crippen molar-refractivity contribution in [2.45, 2.75) is 52.2 Å². The largest absolute Gasteiger partial charge is 0.493 e. The molecule has 2 aliphatic rings. The van der Waals surface area contributed by atoms with Gasteiger partial charge in [0.05, 0.1) is 24.7 Å². The zero-order valence-corrected chi connectivity index (χ0v) is 23.5. The number of aliphatic hydroxyl groups excluding tert-OH is 1. The summed E-state index contributed by atoms with van der Waals surface area (Å²) in [4.78, 5) is 15.0. The summed E-state index contributed by atoms with van der Waals surface area (Å²) in [7, 11) is -1.40. The molecule has 1 saturated carbocycles. The van der Waals surface area contributed by atoms with Gasteiger partial charge in [0.15, 0.2) is 0 Å². The number of piperazine rings is 1. The van der Waals surface area contributed by atoms with Crippen molar-refractivity contribution in [3.05, 3.63) is 46.8 Å². The lowest BCUT2D eigenvalue weighted by Gasteiger charge is -2.34. The van der Waals surface area contributed by atoms with Crippen LogP contribution in [0, 0.1) is 5.92 Å². The van der Waals surface area contributed by atoms with Crippen LogP contribution in [0.2, 0.25) is 0 Å². The first-order chi connectivity index (χ1) is 18.2. The molecule has 0 spiro atoms. The van der Waals surface area contributed by atoms with Crippen molar-refractivity contribution in [3.63, 3.8) is 0 Å². The average molecular weight is 548 g/mol. The summed E-state index contributed by atoms with van der Waals surface area (Å²) < 4.78 is 34.1. The molecular weight excluding hydrogens is 506 g/mol. The van der Waals surface area contributed by atoms with Crippen LogP contribution in [0.5, 0.6) is 5.75 Å². The molecule has 38 heavy (non-hydrogen) atoms. The van der Waals surface area contributed by atoms with Crippen LogP contribution < -0.4 is 10.1 Å². The minimum absolute atomic E-state index is 0.120. The fourth-order valence-electron chi connectivity index (χ4n) is 4.87. The van der Waals surface area contributed by atoms with Gasteiger partial charge in [-0.1, -0.05) is 26.0 Å². The van der Waals surface area contributed by atoms with Crippen molar-refractivity contribution in [1.82, 2.24) is 24.3 Å². The van der Waals surface area contributed by atoms with Crippen LogP contribution in [-0.4, -0.2) is 83.5 Å². The van der Waals surface area contributed by atoms with Crippen LogP contribution in [0.15, 0.2) is 24.3 Å². The topological polar surface area (TPSA) is 117 Å². The highest BCUT2D eigenvalue weighted by molar-refractivity contribution is 7.89. The van der Waals surface area contributed by atoms with Gasteiger partial charge in [-0.05, 0) is 42.9 Å². The Balaban J connectivity index is 1.23. The van der Waals surface area contributed by atoms with E-state index >= 15 is 0 Å². The highest BCUT2D eigenvalue weighted by Gasteiger charge is 2.28. The standard InChI is InChI=1S/C27H41N5O5S/c1-20(2)19-38(35,36)32-13-11-31(12-14-32)10-5-15-37-26-7-4-6-22(23(26)18-33)17-28-27(34)25-16-24(21-8-9-21)29-30(25)3/h4,6-7,16,20-21,33H,5,8-15,17-19H2,1-3H3,(H,28,34). The summed E-state index contributed by atoms with van der Waals surface area (Å²) in [5.41, 5.74) is 2.98. The molecule has 1 aromatic carbocycles. The molecule has 1 aliphatic carbocycles. The fourth-order valence-corrected chi connectivity index (χ4v) is 6.64. The number of rotatable bonds is 13. The van der Waals surface area contributed by atoms with E-state index in [1.807, 2.05) is 38.1 Å². The van der Waals surface area contributed by atoms with Gasteiger partial charge < -0.3 is 20.1 Å². The number of sulfonamides is 1. The third kappa shape index (κ3) is 7.34. The van der Waals surface area contributed by atoms with E-state index in [1.165, 1.54) is 0 Å². The zero-order valence-electron chi connectivity index (χ0n) is 22.7. The molecule has 0 bridgehead atoms. The van der Waals surface area contributed by atoms with Gasteiger partial charge in [-0.15, -0.1) is 0 Å². The molecule has 1 saturated heterocycles. The Labute approximate surface area is 226 Å². The van der Waals surface area contributed by atoms with E-state index < -0.39 is 10.0 Å². The van der Waals surface area contributed by atoms with Gasteiger partial charge in [-0.25, -0.2) is 8.42 Å². The molecule has 2 aromatic rings. The van der Waals surface area contributed by atoms with Crippen LogP contribution >= 0.6 is 0 Å². The number of amides is 1. The molecule has 210 valence electrons. The molecule has 1 aliphatic heterocycles. The second kappa shape index (κ2) is 12.6. The fraction of sp³-hybridized carbons (Fsp3) is 0.630.